The first-order valence-electron chi connectivity index (χ1n) is 5.69. The van der Waals surface area contributed by atoms with Crippen molar-refractivity contribution in [2.75, 3.05) is 24.7 Å². The molecule has 0 aromatic heterocycles. The highest BCUT2D eigenvalue weighted by Gasteiger charge is 2.49. The SMILES string of the molecule is NCC1(C(O)C2CCCO2)CCS(=O)(=O)C1. The van der Waals surface area contributed by atoms with Crippen molar-refractivity contribution in [2.24, 2.45) is 11.1 Å². The highest BCUT2D eigenvalue weighted by Crippen LogP contribution is 2.38. The molecular weight excluding hydrogens is 230 g/mol. The van der Waals surface area contributed by atoms with E-state index in [4.69, 9.17) is 10.5 Å². The molecule has 0 bridgehead atoms. The summed E-state index contributed by atoms with van der Waals surface area (Å²) in [5.41, 5.74) is 4.99. The molecule has 0 aromatic carbocycles. The molecule has 2 rings (SSSR count). The van der Waals surface area contributed by atoms with E-state index in [9.17, 15) is 13.5 Å². The Balaban J connectivity index is 2.15. The van der Waals surface area contributed by atoms with Crippen LogP contribution in [0.2, 0.25) is 0 Å². The van der Waals surface area contributed by atoms with Crippen molar-refractivity contribution in [1.82, 2.24) is 0 Å². The first kappa shape index (κ1) is 12.3. The summed E-state index contributed by atoms with van der Waals surface area (Å²) in [6, 6.07) is 0. The molecule has 3 N–H and O–H groups in total. The van der Waals surface area contributed by atoms with E-state index in [-0.39, 0.29) is 24.2 Å². The van der Waals surface area contributed by atoms with E-state index in [1.807, 2.05) is 0 Å². The van der Waals surface area contributed by atoms with Gasteiger partial charge in [0.25, 0.3) is 0 Å². The first-order chi connectivity index (χ1) is 7.49. The second kappa shape index (κ2) is 4.25. The van der Waals surface area contributed by atoms with E-state index in [0.717, 1.165) is 12.8 Å². The van der Waals surface area contributed by atoms with Gasteiger partial charge >= 0.3 is 0 Å². The van der Waals surface area contributed by atoms with Crippen LogP contribution in [0.15, 0.2) is 0 Å². The van der Waals surface area contributed by atoms with Gasteiger partial charge < -0.3 is 15.6 Å². The number of rotatable bonds is 3. The number of aliphatic hydroxyl groups is 1. The summed E-state index contributed by atoms with van der Waals surface area (Å²) < 4.78 is 28.5. The zero-order valence-corrected chi connectivity index (χ0v) is 10.1. The van der Waals surface area contributed by atoms with Crippen LogP contribution in [0.5, 0.6) is 0 Å². The van der Waals surface area contributed by atoms with Gasteiger partial charge in [-0.05, 0) is 19.3 Å². The van der Waals surface area contributed by atoms with Gasteiger partial charge in [0, 0.05) is 18.6 Å². The third kappa shape index (κ3) is 2.11. The average Bonchev–Trinajstić information content (AvgIpc) is 2.85. The summed E-state index contributed by atoms with van der Waals surface area (Å²) in [5.74, 6) is 0.130. The van der Waals surface area contributed by atoms with Crippen molar-refractivity contribution in [3.05, 3.63) is 0 Å². The fraction of sp³-hybridized carbons (Fsp3) is 1.00. The van der Waals surface area contributed by atoms with Crippen LogP contribution < -0.4 is 5.73 Å². The Morgan fingerprint density at radius 1 is 1.56 bits per heavy atom. The second-order valence-corrected chi connectivity index (χ2v) is 7.09. The Hall–Kier alpha value is -0.170. The Labute approximate surface area is 95.9 Å². The average molecular weight is 249 g/mol. The van der Waals surface area contributed by atoms with Crippen molar-refractivity contribution in [3.8, 4) is 0 Å². The van der Waals surface area contributed by atoms with Gasteiger partial charge in [-0.2, -0.15) is 0 Å². The highest BCUT2D eigenvalue weighted by molar-refractivity contribution is 7.91. The van der Waals surface area contributed by atoms with Gasteiger partial charge in [0.1, 0.15) is 0 Å². The summed E-state index contributed by atoms with van der Waals surface area (Å²) in [4.78, 5) is 0. The van der Waals surface area contributed by atoms with Gasteiger partial charge in [0.2, 0.25) is 0 Å². The molecule has 0 amide bonds. The minimum absolute atomic E-state index is 0.00245. The Kier molecular flexibility index (Phi) is 3.27. The van der Waals surface area contributed by atoms with E-state index in [2.05, 4.69) is 0 Å². The van der Waals surface area contributed by atoms with Crippen LogP contribution in [0, 0.1) is 5.41 Å². The molecule has 2 fully saturated rings. The standard InChI is InChI=1S/C10H19NO4S/c11-6-10(3-5-16(13,14)7-10)9(12)8-2-1-4-15-8/h8-9,12H,1-7,11H2. The Morgan fingerprint density at radius 2 is 2.31 bits per heavy atom. The van der Waals surface area contributed by atoms with Crippen LogP contribution in [0.4, 0.5) is 0 Å². The molecule has 0 aliphatic carbocycles. The lowest BCUT2D eigenvalue weighted by atomic mass is 9.78. The maximum atomic E-state index is 11.5. The number of hydrogen-bond donors (Lipinski definition) is 2. The van der Waals surface area contributed by atoms with E-state index in [1.54, 1.807) is 0 Å². The highest BCUT2D eigenvalue weighted by atomic mass is 32.2. The van der Waals surface area contributed by atoms with Crippen LogP contribution in [0.25, 0.3) is 0 Å². The molecule has 0 saturated carbocycles. The zero-order valence-electron chi connectivity index (χ0n) is 9.26. The van der Waals surface area contributed by atoms with Gasteiger partial charge in [0.15, 0.2) is 9.84 Å². The van der Waals surface area contributed by atoms with E-state index >= 15 is 0 Å². The van der Waals surface area contributed by atoms with Crippen molar-refractivity contribution in [3.63, 3.8) is 0 Å². The van der Waals surface area contributed by atoms with Gasteiger partial charge in [-0.15, -0.1) is 0 Å². The summed E-state index contributed by atoms with van der Waals surface area (Å²) >= 11 is 0. The third-order valence-corrected chi connectivity index (χ3v) is 5.61. The second-order valence-electron chi connectivity index (χ2n) is 4.90. The van der Waals surface area contributed by atoms with E-state index < -0.39 is 21.4 Å². The number of aliphatic hydroxyl groups excluding tert-OH is 1. The zero-order chi connectivity index (χ0) is 11.8. The minimum atomic E-state index is -3.04. The summed E-state index contributed by atoms with van der Waals surface area (Å²) in [7, 11) is -3.04. The molecule has 3 unspecified atom stereocenters. The molecule has 3 atom stereocenters. The molecule has 2 saturated heterocycles. The predicted molar refractivity (Wildman–Crippen MR) is 59.7 cm³/mol. The fourth-order valence-corrected chi connectivity index (χ4v) is 4.87. The molecule has 0 spiro atoms. The van der Waals surface area contributed by atoms with Crippen molar-refractivity contribution in [2.45, 2.75) is 31.5 Å². The topological polar surface area (TPSA) is 89.6 Å². The first-order valence-corrected chi connectivity index (χ1v) is 7.51. The molecule has 0 aromatic rings. The van der Waals surface area contributed by atoms with Crippen molar-refractivity contribution < 1.29 is 18.3 Å². The Morgan fingerprint density at radius 3 is 2.75 bits per heavy atom. The monoisotopic (exact) mass is 249 g/mol. The third-order valence-electron chi connectivity index (χ3n) is 3.77. The molecule has 5 nitrogen and oxygen atoms in total. The van der Waals surface area contributed by atoms with Gasteiger partial charge in [-0.25, -0.2) is 8.42 Å². The molecular formula is C10H19NO4S. The van der Waals surface area contributed by atoms with Crippen LogP contribution in [-0.2, 0) is 14.6 Å². The molecule has 2 aliphatic rings. The summed E-state index contributed by atoms with van der Waals surface area (Å²) in [5, 5.41) is 10.3. The smallest absolute Gasteiger partial charge is 0.151 e. The lowest BCUT2D eigenvalue weighted by Gasteiger charge is -2.34. The lowest BCUT2D eigenvalue weighted by Crippen LogP contribution is -2.48. The predicted octanol–water partition coefficient (Wildman–Crippen LogP) is -0.710. The lowest BCUT2D eigenvalue weighted by molar-refractivity contribution is -0.0624. The molecule has 2 aliphatic heterocycles. The van der Waals surface area contributed by atoms with E-state index in [0.29, 0.717) is 13.0 Å². The largest absolute Gasteiger partial charge is 0.390 e. The number of hydrogen-bond acceptors (Lipinski definition) is 5. The van der Waals surface area contributed by atoms with Crippen molar-refractivity contribution in [1.29, 1.82) is 0 Å². The molecule has 94 valence electrons. The van der Waals surface area contributed by atoms with Crippen LogP contribution in [-0.4, -0.2) is 50.4 Å². The van der Waals surface area contributed by atoms with Crippen molar-refractivity contribution >= 4 is 9.84 Å². The Bertz CT molecular complexity index is 350. The maximum absolute atomic E-state index is 11.5. The number of ether oxygens (including phenoxy) is 1. The number of nitrogens with two attached hydrogens (primary N) is 1. The van der Waals surface area contributed by atoms with Crippen LogP contribution >= 0.6 is 0 Å². The quantitative estimate of drug-likeness (QED) is 0.689. The fourth-order valence-electron chi connectivity index (χ4n) is 2.70. The molecule has 6 heteroatoms. The van der Waals surface area contributed by atoms with Crippen LogP contribution in [0.1, 0.15) is 19.3 Å². The molecule has 0 radical (unpaired) electrons. The minimum Gasteiger partial charge on any atom is -0.390 e. The van der Waals surface area contributed by atoms with E-state index in [1.165, 1.54) is 0 Å². The summed E-state index contributed by atoms with van der Waals surface area (Å²) in [6.07, 6.45) is 1.18. The summed E-state index contributed by atoms with van der Waals surface area (Å²) in [6.45, 7) is 0.850. The molecule has 2 heterocycles. The van der Waals surface area contributed by atoms with Gasteiger partial charge in [0.05, 0.1) is 23.7 Å². The number of sulfone groups is 1. The van der Waals surface area contributed by atoms with Gasteiger partial charge in [-0.3, -0.25) is 0 Å². The maximum Gasteiger partial charge on any atom is 0.151 e. The van der Waals surface area contributed by atoms with Crippen LogP contribution in [0.3, 0.4) is 0 Å². The molecule has 16 heavy (non-hydrogen) atoms. The normalized spacial score (nSPS) is 40.0. The van der Waals surface area contributed by atoms with Gasteiger partial charge in [-0.1, -0.05) is 0 Å².